The third-order valence-electron chi connectivity index (χ3n) is 2.84. The van der Waals surface area contributed by atoms with Crippen molar-refractivity contribution in [2.24, 2.45) is 0 Å². The molecule has 0 aliphatic carbocycles. The first-order valence-corrected chi connectivity index (χ1v) is 6.22. The second-order valence-electron chi connectivity index (χ2n) is 4.41. The van der Waals surface area contributed by atoms with Gasteiger partial charge < -0.3 is 5.32 Å². The van der Waals surface area contributed by atoms with Crippen LogP contribution < -0.4 is 5.32 Å². The largest absolute Gasteiger partial charge is 0.378 e. The van der Waals surface area contributed by atoms with Gasteiger partial charge >= 0.3 is 0 Å². The first-order valence-electron chi connectivity index (χ1n) is 5.84. The first-order chi connectivity index (χ1) is 8.56. The Morgan fingerprint density at radius 3 is 2.61 bits per heavy atom. The van der Waals surface area contributed by atoms with Crippen LogP contribution >= 0.6 is 11.6 Å². The number of hydrogen-bond donors (Lipinski definition) is 1. The molecule has 0 aliphatic rings. The average molecular weight is 264 g/mol. The number of benzene rings is 2. The maximum absolute atomic E-state index is 13.1. The number of halogens is 2. The van der Waals surface area contributed by atoms with Crippen molar-refractivity contribution in [2.45, 2.75) is 19.9 Å². The zero-order valence-corrected chi connectivity index (χ0v) is 11.1. The Morgan fingerprint density at radius 1 is 1.17 bits per heavy atom. The third kappa shape index (κ3) is 3.02. The van der Waals surface area contributed by atoms with E-state index < -0.39 is 5.82 Å². The fourth-order valence-electron chi connectivity index (χ4n) is 1.86. The van der Waals surface area contributed by atoms with Crippen molar-refractivity contribution in [3.63, 3.8) is 0 Å². The van der Waals surface area contributed by atoms with Crippen LogP contribution in [-0.4, -0.2) is 0 Å². The van der Waals surface area contributed by atoms with E-state index in [0.29, 0.717) is 0 Å². The van der Waals surface area contributed by atoms with Crippen LogP contribution in [0.5, 0.6) is 0 Å². The number of anilines is 1. The van der Waals surface area contributed by atoms with Crippen LogP contribution in [0.15, 0.2) is 42.5 Å². The molecule has 0 heterocycles. The van der Waals surface area contributed by atoms with Crippen molar-refractivity contribution in [3.8, 4) is 0 Å². The summed E-state index contributed by atoms with van der Waals surface area (Å²) in [5.74, 6) is -0.398. The molecule has 0 amide bonds. The van der Waals surface area contributed by atoms with Gasteiger partial charge in [0, 0.05) is 11.7 Å². The highest BCUT2D eigenvalue weighted by atomic mass is 35.5. The highest BCUT2D eigenvalue weighted by Crippen LogP contribution is 2.24. The maximum atomic E-state index is 13.1. The van der Waals surface area contributed by atoms with Gasteiger partial charge in [-0.15, -0.1) is 0 Å². The van der Waals surface area contributed by atoms with Crippen molar-refractivity contribution in [1.29, 1.82) is 0 Å². The summed E-state index contributed by atoms with van der Waals surface area (Å²) in [6, 6.07) is 13.1. The SMILES string of the molecule is Cc1cccc(C(C)Nc2ccc(F)c(Cl)c2)c1. The molecule has 1 nitrogen and oxygen atoms in total. The summed E-state index contributed by atoms with van der Waals surface area (Å²) >= 11 is 5.75. The molecule has 1 unspecified atom stereocenters. The normalized spacial score (nSPS) is 12.2. The Kier molecular flexibility index (Phi) is 3.87. The van der Waals surface area contributed by atoms with Crippen LogP contribution in [0.3, 0.4) is 0 Å². The van der Waals surface area contributed by atoms with Crippen LogP contribution in [0, 0.1) is 12.7 Å². The van der Waals surface area contributed by atoms with Gasteiger partial charge in [-0.1, -0.05) is 41.4 Å². The lowest BCUT2D eigenvalue weighted by molar-refractivity contribution is 0.628. The fraction of sp³-hybridized carbons (Fsp3) is 0.200. The lowest BCUT2D eigenvalue weighted by atomic mass is 10.1. The molecule has 18 heavy (non-hydrogen) atoms. The Labute approximate surface area is 112 Å². The summed E-state index contributed by atoms with van der Waals surface area (Å²) < 4.78 is 13.1. The summed E-state index contributed by atoms with van der Waals surface area (Å²) in [4.78, 5) is 0. The molecule has 0 saturated carbocycles. The molecular formula is C15H15ClFN. The van der Waals surface area contributed by atoms with Gasteiger partial charge in [-0.3, -0.25) is 0 Å². The van der Waals surface area contributed by atoms with E-state index in [1.807, 2.05) is 6.07 Å². The fourth-order valence-corrected chi connectivity index (χ4v) is 2.04. The van der Waals surface area contributed by atoms with Crippen LogP contribution in [0.2, 0.25) is 5.02 Å². The predicted octanol–water partition coefficient (Wildman–Crippen LogP) is 4.96. The Hall–Kier alpha value is -1.54. The quantitative estimate of drug-likeness (QED) is 0.825. The van der Waals surface area contributed by atoms with E-state index in [4.69, 9.17) is 11.6 Å². The van der Waals surface area contributed by atoms with E-state index >= 15 is 0 Å². The molecule has 0 aromatic heterocycles. The minimum absolute atomic E-state index is 0.136. The number of aryl methyl sites for hydroxylation is 1. The van der Waals surface area contributed by atoms with E-state index in [1.165, 1.54) is 17.2 Å². The summed E-state index contributed by atoms with van der Waals surface area (Å²) in [7, 11) is 0. The predicted molar refractivity (Wildman–Crippen MR) is 74.6 cm³/mol. The van der Waals surface area contributed by atoms with E-state index in [9.17, 15) is 4.39 Å². The Balaban J connectivity index is 2.16. The van der Waals surface area contributed by atoms with Crippen LogP contribution in [0.4, 0.5) is 10.1 Å². The van der Waals surface area contributed by atoms with E-state index in [1.54, 1.807) is 12.1 Å². The Bertz CT molecular complexity index is 554. The molecule has 94 valence electrons. The molecule has 2 aromatic carbocycles. The number of rotatable bonds is 3. The van der Waals surface area contributed by atoms with Crippen LogP contribution in [0.1, 0.15) is 24.1 Å². The molecule has 2 aromatic rings. The van der Waals surface area contributed by atoms with E-state index in [0.717, 1.165) is 5.69 Å². The highest BCUT2D eigenvalue weighted by molar-refractivity contribution is 6.31. The maximum Gasteiger partial charge on any atom is 0.141 e. The monoisotopic (exact) mass is 263 g/mol. The molecule has 0 saturated heterocycles. The van der Waals surface area contributed by atoms with E-state index in [2.05, 4.69) is 37.4 Å². The summed E-state index contributed by atoms with van der Waals surface area (Å²) in [5, 5.41) is 3.44. The number of hydrogen-bond acceptors (Lipinski definition) is 1. The van der Waals surface area contributed by atoms with Gasteiger partial charge in [0.15, 0.2) is 0 Å². The van der Waals surface area contributed by atoms with Gasteiger partial charge in [0.05, 0.1) is 5.02 Å². The molecule has 1 N–H and O–H groups in total. The van der Waals surface area contributed by atoms with Gasteiger partial charge in [-0.25, -0.2) is 4.39 Å². The lowest BCUT2D eigenvalue weighted by Crippen LogP contribution is -2.06. The molecule has 0 aliphatic heterocycles. The molecule has 0 bridgehead atoms. The minimum atomic E-state index is -0.398. The Morgan fingerprint density at radius 2 is 1.94 bits per heavy atom. The van der Waals surface area contributed by atoms with Crippen molar-refractivity contribution in [1.82, 2.24) is 0 Å². The molecule has 0 radical (unpaired) electrons. The third-order valence-corrected chi connectivity index (χ3v) is 3.13. The highest BCUT2D eigenvalue weighted by Gasteiger charge is 2.07. The van der Waals surface area contributed by atoms with Crippen molar-refractivity contribution >= 4 is 17.3 Å². The van der Waals surface area contributed by atoms with Crippen LogP contribution in [0.25, 0.3) is 0 Å². The minimum Gasteiger partial charge on any atom is -0.378 e. The first kappa shape index (κ1) is 12.9. The summed E-state index contributed by atoms with van der Waals surface area (Å²) in [6.07, 6.45) is 0. The molecule has 1 atom stereocenters. The standard InChI is InChI=1S/C15H15ClFN/c1-10-4-3-5-12(8-10)11(2)18-13-6-7-15(17)14(16)9-13/h3-9,11,18H,1-2H3. The van der Waals surface area contributed by atoms with Crippen molar-refractivity contribution in [2.75, 3.05) is 5.32 Å². The molecule has 0 spiro atoms. The second-order valence-corrected chi connectivity index (χ2v) is 4.82. The van der Waals surface area contributed by atoms with Gasteiger partial charge in [0.1, 0.15) is 5.82 Å². The van der Waals surface area contributed by atoms with Crippen molar-refractivity contribution in [3.05, 3.63) is 64.4 Å². The van der Waals surface area contributed by atoms with Gasteiger partial charge in [0.25, 0.3) is 0 Å². The molecule has 3 heteroatoms. The smallest absolute Gasteiger partial charge is 0.141 e. The van der Waals surface area contributed by atoms with Crippen molar-refractivity contribution < 1.29 is 4.39 Å². The topological polar surface area (TPSA) is 12.0 Å². The van der Waals surface area contributed by atoms with E-state index in [-0.39, 0.29) is 11.1 Å². The van der Waals surface area contributed by atoms with Gasteiger partial charge in [-0.05, 0) is 37.6 Å². The summed E-state index contributed by atoms with van der Waals surface area (Å²) in [5.41, 5.74) is 3.23. The zero-order valence-electron chi connectivity index (χ0n) is 10.4. The molecule has 0 fully saturated rings. The molecular weight excluding hydrogens is 249 g/mol. The zero-order chi connectivity index (χ0) is 13.1. The number of nitrogens with one attached hydrogen (secondary N) is 1. The van der Waals surface area contributed by atoms with Gasteiger partial charge in [-0.2, -0.15) is 0 Å². The second kappa shape index (κ2) is 5.40. The average Bonchev–Trinajstić information content (AvgIpc) is 2.34. The lowest BCUT2D eigenvalue weighted by Gasteiger charge is -2.16. The van der Waals surface area contributed by atoms with Crippen LogP contribution in [-0.2, 0) is 0 Å². The molecule has 2 rings (SSSR count). The summed E-state index contributed by atoms with van der Waals surface area (Å²) in [6.45, 7) is 4.12. The van der Waals surface area contributed by atoms with Gasteiger partial charge in [0.2, 0.25) is 0 Å².